The van der Waals surface area contributed by atoms with Crippen LogP contribution in [0.4, 0.5) is 0 Å². The first kappa shape index (κ1) is 28.9. The highest BCUT2D eigenvalue weighted by molar-refractivity contribution is 5.80. The minimum Gasteiger partial charge on any atom is -0.361 e. The van der Waals surface area contributed by atoms with Crippen LogP contribution in [-0.2, 0) is 17.7 Å². The number of nitrogens with one attached hydrogen (secondary N) is 1. The highest BCUT2D eigenvalue weighted by Crippen LogP contribution is 2.30. The van der Waals surface area contributed by atoms with Gasteiger partial charge >= 0.3 is 5.69 Å². The van der Waals surface area contributed by atoms with Crippen molar-refractivity contribution in [1.82, 2.24) is 39.3 Å². The number of hydrogen-bond acceptors (Lipinski definition) is 7. The number of aromatic nitrogens is 8. The van der Waals surface area contributed by atoms with Crippen molar-refractivity contribution in [3.05, 3.63) is 111 Å². The first-order valence-electron chi connectivity index (χ1n) is 14.8. The number of unbranched alkanes of at least 4 members (excludes halogenated alkanes) is 2. The molecular formula is C33H34N8O3. The Bertz CT molecular complexity index is 1990. The molecule has 3 aromatic heterocycles. The Morgan fingerprint density at radius 3 is 2.32 bits per heavy atom. The number of aromatic amines is 1. The number of imidazole rings is 1. The summed E-state index contributed by atoms with van der Waals surface area (Å²) in [5.74, 6) is 1.29. The van der Waals surface area contributed by atoms with Crippen molar-refractivity contribution in [2.24, 2.45) is 0 Å². The summed E-state index contributed by atoms with van der Waals surface area (Å²) in [6.07, 6.45) is 2.93. The van der Waals surface area contributed by atoms with E-state index in [0.717, 1.165) is 47.3 Å². The molecule has 1 atom stereocenters. The first-order valence-corrected chi connectivity index (χ1v) is 14.8. The number of para-hydroxylation sites is 1. The van der Waals surface area contributed by atoms with Crippen LogP contribution in [-0.4, -0.2) is 46.4 Å². The van der Waals surface area contributed by atoms with Gasteiger partial charge in [-0.25, -0.2) is 18.9 Å². The third-order valence-electron chi connectivity index (χ3n) is 7.90. The molecule has 0 bridgehead atoms. The van der Waals surface area contributed by atoms with Crippen LogP contribution in [0.3, 0.4) is 0 Å². The Balaban J connectivity index is 1.49. The molecule has 1 unspecified atom stereocenters. The Hall–Kier alpha value is -5.16. The van der Waals surface area contributed by atoms with Gasteiger partial charge in [-0.2, -0.15) is 5.21 Å². The van der Waals surface area contributed by atoms with E-state index >= 15 is 0 Å². The Morgan fingerprint density at radius 2 is 1.64 bits per heavy atom. The van der Waals surface area contributed by atoms with E-state index in [1.165, 1.54) is 16.2 Å². The maximum Gasteiger partial charge on any atom is 0.339 e. The molecule has 3 aromatic carbocycles. The molecule has 3 heterocycles. The molecule has 44 heavy (non-hydrogen) atoms. The minimum atomic E-state index is -0.764. The second-order valence-corrected chi connectivity index (χ2v) is 10.7. The van der Waals surface area contributed by atoms with Crippen LogP contribution in [0.25, 0.3) is 39.4 Å². The van der Waals surface area contributed by atoms with Gasteiger partial charge < -0.3 is 9.30 Å². The van der Waals surface area contributed by atoms with Crippen molar-refractivity contribution in [3.63, 3.8) is 0 Å². The molecule has 0 aliphatic carbocycles. The number of ether oxygens (including phenoxy) is 1. The second-order valence-electron chi connectivity index (χ2n) is 10.7. The molecule has 0 amide bonds. The van der Waals surface area contributed by atoms with Gasteiger partial charge in [-0.3, -0.25) is 4.79 Å². The molecule has 0 aliphatic rings. The highest BCUT2D eigenvalue weighted by atomic mass is 16.5. The Morgan fingerprint density at radius 1 is 0.909 bits per heavy atom. The number of nitrogens with zero attached hydrogens (tertiary/aromatic N) is 7. The van der Waals surface area contributed by atoms with E-state index in [2.05, 4.69) is 39.7 Å². The minimum absolute atomic E-state index is 0.350. The average molecular weight is 591 g/mol. The topological polar surface area (TPSA) is 126 Å². The van der Waals surface area contributed by atoms with Gasteiger partial charge in [-0.15, -0.1) is 10.2 Å². The summed E-state index contributed by atoms with van der Waals surface area (Å²) in [6, 6.07) is 25.4. The Labute approximate surface area is 253 Å². The fourth-order valence-electron chi connectivity index (χ4n) is 5.56. The fourth-order valence-corrected chi connectivity index (χ4v) is 5.56. The lowest BCUT2D eigenvalue weighted by atomic mass is 9.98. The fraction of sp³-hybridized carbons (Fsp3) is 0.273. The molecule has 0 spiro atoms. The number of rotatable bonds is 11. The summed E-state index contributed by atoms with van der Waals surface area (Å²) in [7, 11) is 1.49. The van der Waals surface area contributed by atoms with E-state index in [-0.39, 0.29) is 0 Å². The number of tetrazole rings is 1. The highest BCUT2D eigenvalue weighted by Gasteiger charge is 2.24. The number of hydrogen-bond donors (Lipinski definition) is 1. The van der Waals surface area contributed by atoms with Crippen LogP contribution in [0.15, 0.2) is 88.5 Å². The molecule has 1 N–H and O–H groups in total. The van der Waals surface area contributed by atoms with Crippen LogP contribution in [0.1, 0.15) is 50.7 Å². The smallest absolute Gasteiger partial charge is 0.339 e. The maximum absolute atomic E-state index is 14.1. The normalized spacial score (nSPS) is 12.2. The molecular weight excluding hydrogens is 556 g/mol. The van der Waals surface area contributed by atoms with Crippen molar-refractivity contribution in [2.75, 3.05) is 7.11 Å². The number of H-pyrrole nitrogens is 1. The zero-order valence-corrected chi connectivity index (χ0v) is 25.0. The summed E-state index contributed by atoms with van der Waals surface area (Å²) >= 11 is 0. The first-order chi connectivity index (χ1) is 21.5. The maximum atomic E-state index is 14.1. The number of aryl methyl sites for hydroxylation is 1. The van der Waals surface area contributed by atoms with Crippen molar-refractivity contribution in [2.45, 2.75) is 52.3 Å². The van der Waals surface area contributed by atoms with Crippen molar-refractivity contribution >= 4 is 11.2 Å². The molecule has 11 heteroatoms. The number of methoxy groups -OCH3 is 1. The summed E-state index contributed by atoms with van der Waals surface area (Å²) in [5, 5.41) is 14.5. The SMILES string of the molecule is CCCCCc1nc2c(c(=O)n(C(C)OC)c(=O)n2-c2ccccc2)n1Cc1ccc(-c2ccccc2-c2nn[nH]n2)cc1. The summed E-state index contributed by atoms with van der Waals surface area (Å²) in [6.45, 7) is 4.26. The number of fused-ring (bicyclic) bond motifs is 1. The van der Waals surface area contributed by atoms with Gasteiger partial charge in [0.1, 0.15) is 12.1 Å². The van der Waals surface area contributed by atoms with Crippen LogP contribution in [0.5, 0.6) is 0 Å². The van der Waals surface area contributed by atoms with Crippen LogP contribution < -0.4 is 11.2 Å². The van der Waals surface area contributed by atoms with Gasteiger partial charge in [0, 0.05) is 25.6 Å². The van der Waals surface area contributed by atoms with E-state index in [4.69, 9.17) is 9.72 Å². The number of benzene rings is 3. The zero-order chi connectivity index (χ0) is 30.6. The van der Waals surface area contributed by atoms with Gasteiger partial charge in [-0.1, -0.05) is 86.5 Å². The average Bonchev–Trinajstić information content (AvgIpc) is 3.71. The van der Waals surface area contributed by atoms with Crippen molar-refractivity contribution < 1.29 is 4.74 Å². The lowest BCUT2D eigenvalue weighted by molar-refractivity contribution is 0.0536. The van der Waals surface area contributed by atoms with Crippen LogP contribution in [0.2, 0.25) is 0 Å². The molecule has 0 fully saturated rings. The standard InChI is InChI=1S/C33H34N8O3/c1-4-5-7-16-28-34-31-29(32(42)40(22(2)44-3)33(43)41(31)25-12-8-6-9-13-25)39(28)21-23-17-19-24(20-18-23)26-14-10-11-15-27(26)30-35-37-38-36-30/h6,8-15,17-20,22H,4-5,7,16,21H2,1-3H3,(H,35,36,37,38). The quantitative estimate of drug-likeness (QED) is 0.207. The summed E-state index contributed by atoms with van der Waals surface area (Å²) in [4.78, 5) is 32.8. The zero-order valence-electron chi connectivity index (χ0n) is 25.0. The largest absolute Gasteiger partial charge is 0.361 e. The van der Waals surface area contributed by atoms with Gasteiger partial charge in [0.05, 0.1) is 5.69 Å². The summed E-state index contributed by atoms with van der Waals surface area (Å²) < 4.78 is 10.1. The third-order valence-corrected chi connectivity index (χ3v) is 7.90. The predicted molar refractivity (Wildman–Crippen MR) is 169 cm³/mol. The molecule has 224 valence electrons. The van der Waals surface area contributed by atoms with Crippen LogP contribution in [0, 0.1) is 0 Å². The van der Waals surface area contributed by atoms with Crippen molar-refractivity contribution in [1.29, 1.82) is 0 Å². The second kappa shape index (κ2) is 12.6. The molecule has 0 saturated carbocycles. The lowest BCUT2D eigenvalue weighted by Crippen LogP contribution is -2.42. The van der Waals surface area contributed by atoms with Gasteiger partial charge in [-0.05, 0) is 47.4 Å². The Kier molecular flexibility index (Phi) is 8.29. The molecule has 0 saturated heterocycles. The third kappa shape index (κ3) is 5.37. The predicted octanol–water partition coefficient (Wildman–Crippen LogP) is 5.14. The monoisotopic (exact) mass is 590 g/mol. The van der Waals surface area contributed by atoms with E-state index in [1.807, 2.05) is 71.3 Å². The molecule has 0 radical (unpaired) electrons. The van der Waals surface area contributed by atoms with E-state index in [9.17, 15) is 9.59 Å². The van der Waals surface area contributed by atoms with Crippen LogP contribution >= 0.6 is 0 Å². The summed E-state index contributed by atoms with van der Waals surface area (Å²) in [5.41, 5.74) is 4.29. The molecule has 11 nitrogen and oxygen atoms in total. The molecule has 6 aromatic rings. The molecule has 0 aliphatic heterocycles. The van der Waals surface area contributed by atoms with E-state index < -0.39 is 17.5 Å². The van der Waals surface area contributed by atoms with Crippen molar-refractivity contribution in [3.8, 4) is 28.2 Å². The van der Waals surface area contributed by atoms with E-state index in [1.54, 1.807) is 6.92 Å². The molecule has 6 rings (SSSR count). The lowest BCUT2D eigenvalue weighted by Gasteiger charge is -2.17. The van der Waals surface area contributed by atoms with E-state index in [0.29, 0.717) is 35.6 Å². The van der Waals surface area contributed by atoms with Gasteiger partial charge in [0.15, 0.2) is 11.2 Å². The van der Waals surface area contributed by atoms with Gasteiger partial charge in [0.2, 0.25) is 5.82 Å². The van der Waals surface area contributed by atoms with Gasteiger partial charge in [0.25, 0.3) is 5.56 Å².